The maximum Gasteiger partial charge on any atom is 0.0370 e. The topological polar surface area (TPSA) is 38.0 Å². The third-order valence-electron chi connectivity index (χ3n) is 2.87. The Morgan fingerprint density at radius 3 is 2.69 bits per heavy atom. The molecule has 0 fully saturated rings. The van der Waals surface area contributed by atoms with Crippen LogP contribution < -0.4 is 11.1 Å². The minimum absolute atomic E-state index is 0.264. The number of hydrogen-bond donors (Lipinski definition) is 2. The van der Waals surface area contributed by atoms with Gasteiger partial charge in [-0.15, -0.1) is 0 Å². The lowest BCUT2D eigenvalue weighted by atomic mass is 10.1. The number of aryl methyl sites for hydroxylation is 2. The molecule has 2 heteroatoms. The first-order chi connectivity index (χ1) is 7.63. The number of nitrogens with one attached hydrogen (secondary N) is 1. The Balaban J connectivity index is 2.42. The molecule has 1 rings (SSSR count). The molecule has 0 spiro atoms. The van der Waals surface area contributed by atoms with E-state index >= 15 is 0 Å². The highest BCUT2D eigenvalue weighted by Gasteiger charge is 2.03. The summed E-state index contributed by atoms with van der Waals surface area (Å²) in [6.07, 6.45) is 3.54. The molecular weight excluding hydrogens is 196 g/mol. The van der Waals surface area contributed by atoms with Crippen LogP contribution in [0.2, 0.25) is 0 Å². The Morgan fingerprint density at radius 2 is 2.06 bits per heavy atom. The van der Waals surface area contributed by atoms with Crippen LogP contribution in [0, 0.1) is 13.8 Å². The Bertz CT molecular complexity index is 321. The van der Waals surface area contributed by atoms with E-state index in [1.807, 2.05) is 0 Å². The summed E-state index contributed by atoms with van der Waals surface area (Å²) in [5.74, 6) is 0. The average Bonchev–Trinajstić information content (AvgIpc) is 2.25. The Hall–Kier alpha value is -1.02. The third-order valence-corrected chi connectivity index (χ3v) is 2.87. The quantitative estimate of drug-likeness (QED) is 0.772. The number of unbranched alkanes of at least 4 members (excludes halogenated alkanes) is 1. The first kappa shape index (κ1) is 13.0. The zero-order valence-corrected chi connectivity index (χ0v) is 10.7. The Kier molecular flexibility index (Phi) is 5.33. The van der Waals surface area contributed by atoms with E-state index in [4.69, 9.17) is 5.73 Å². The van der Waals surface area contributed by atoms with Crippen molar-refractivity contribution < 1.29 is 0 Å². The number of anilines is 1. The molecule has 1 unspecified atom stereocenters. The zero-order valence-electron chi connectivity index (χ0n) is 10.7. The lowest BCUT2D eigenvalue weighted by Gasteiger charge is -2.15. The van der Waals surface area contributed by atoms with Crippen LogP contribution in [0.15, 0.2) is 18.2 Å². The van der Waals surface area contributed by atoms with E-state index in [-0.39, 0.29) is 6.04 Å². The minimum atomic E-state index is 0.264. The number of benzene rings is 1. The summed E-state index contributed by atoms with van der Waals surface area (Å²) in [5.41, 5.74) is 9.83. The average molecular weight is 220 g/mol. The summed E-state index contributed by atoms with van der Waals surface area (Å²) in [6.45, 7) is 7.31. The molecule has 0 aliphatic carbocycles. The lowest BCUT2D eigenvalue weighted by molar-refractivity contribution is 0.596. The van der Waals surface area contributed by atoms with Gasteiger partial charge in [0.2, 0.25) is 0 Å². The van der Waals surface area contributed by atoms with Gasteiger partial charge >= 0.3 is 0 Å². The standard InChI is InChI=1S/C14H24N2/c1-4-5-6-13(15)10-16-14-8-7-11(2)9-12(14)3/h7-9,13,16H,4-6,10,15H2,1-3H3. The first-order valence-corrected chi connectivity index (χ1v) is 6.20. The van der Waals surface area contributed by atoms with Gasteiger partial charge in [0.05, 0.1) is 0 Å². The van der Waals surface area contributed by atoms with Crippen molar-refractivity contribution in [3.63, 3.8) is 0 Å². The van der Waals surface area contributed by atoms with Crippen molar-refractivity contribution in [1.29, 1.82) is 0 Å². The second-order valence-corrected chi connectivity index (χ2v) is 4.60. The maximum absolute atomic E-state index is 6.03. The third kappa shape index (κ3) is 4.23. The van der Waals surface area contributed by atoms with Crippen LogP contribution in [-0.4, -0.2) is 12.6 Å². The summed E-state index contributed by atoms with van der Waals surface area (Å²) >= 11 is 0. The molecule has 16 heavy (non-hydrogen) atoms. The van der Waals surface area contributed by atoms with Crippen LogP contribution >= 0.6 is 0 Å². The zero-order chi connectivity index (χ0) is 12.0. The van der Waals surface area contributed by atoms with Crippen molar-refractivity contribution in [3.8, 4) is 0 Å². The van der Waals surface area contributed by atoms with Crippen LogP contribution in [0.3, 0.4) is 0 Å². The number of nitrogens with two attached hydrogens (primary N) is 1. The van der Waals surface area contributed by atoms with Gasteiger partial charge in [0.15, 0.2) is 0 Å². The molecule has 0 aliphatic heterocycles. The summed E-state index contributed by atoms with van der Waals surface area (Å²) in [5, 5.41) is 3.42. The van der Waals surface area contributed by atoms with Crippen molar-refractivity contribution in [2.24, 2.45) is 5.73 Å². The van der Waals surface area contributed by atoms with E-state index < -0.39 is 0 Å². The highest BCUT2D eigenvalue weighted by atomic mass is 14.9. The van der Waals surface area contributed by atoms with Crippen molar-refractivity contribution >= 4 is 5.69 Å². The maximum atomic E-state index is 6.03. The smallest absolute Gasteiger partial charge is 0.0370 e. The predicted octanol–water partition coefficient (Wildman–Crippen LogP) is 3.23. The first-order valence-electron chi connectivity index (χ1n) is 6.20. The summed E-state index contributed by atoms with van der Waals surface area (Å²) in [6, 6.07) is 6.73. The number of hydrogen-bond acceptors (Lipinski definition) is 2. The van der Waals surface area contributed by atoms with Gasteiger partial charge in [-0.25, -0.2) is 0 Å². The summed E-state index contributed by atoms with van der Waals surface area (Å²) in [7, 11) is 0. The predicted molar refractivity (Wildman–Crippen MR) is 71.9 cm³/mol. The molecular formula is C14H24N2. The molecule has 0 bridgehead atoms. The van der Waals surface area contributed by atoms with E-state index in [0.717, 1.165) is 13.0 Å². The molecule has 2 nitrogen and oxygen atoms in total. The van der Waals surface area contributed by atoms with Crippen LogP contribution in [0.4, 0.5) is 5.69 Å². The molecule has 0 aliphatic rings. The second-order valence-electron chi connectivity index (χ2n) is 4.60. The molecule has 0 aromatic heterocycles. The lowest BCUT2D eigenvalue weighted by Crippen LogP contribution is -2.29. The Morgan fingerprint density at radius 1 is 1.31 bits per heavy atom. The van der Waals surface area contributed by atoms with Crippen LogP contribution in [0.5, 0.6) is 0 Å². The van der Waals surface area contributed by atoms with Gasteiger partial charge in [-0.05, 0) is 31.9 Å². The molecule has 0 radical (unpaired) electrons. The van der Waals surface area contributed by atoms with Crippen molar-refractivity contribution in [3.05, 3.63) is 29.3 Å². The minimum Gasteiger partial charge on any atom is -0.383 e. The fourth-order valence-electron chi connectivity index (χ4n) is 1.82. The van der Waals surface area contributed by atoms with E-state index in [1.165, 1.54) is 29.7 Å². The molecule has 0 saturated carbocycles. The molecule has 90 valence electrons. The fraction of sp³-hybridized carbons (Fsp3) is 0.571. The van der Waals surface area contributed by atoms with Gasteiger partial charge in [-0.3, -0.25) is 0 Å². The van der Waals surface area contributed by atoms with Crippen molar-refractivity contribution in [1.82, 2.24) is 0 Å². The van der Waals surface area contributed by atoms with E-state index in [2.05, 4.69) is 44.3 Å². The summed E-state index contributed by atoms with van der Waals surface area (Å²) in [4.78, 5) is 0. The van der Waals surface area contributed by atoms with E-state index in [9.17, 15) is 0 Å². The van der Waals surface area contributed by atoms with Gasteiger partial charge in [0, 0.05) is 18.3 Å². The van der Waals surface area contributed by atoms with Gasteiger partial charge in [0.25, 0.3) is 0 Å². The highest BCUT2D eigenvalue weighted by molar-refractivity contribution is 5.51. The van der Waals surface area contributed by atoms with Crippen LogP contribution in [-0.2, 0) is 0 Å². The molecule has 1 atom stereocenters. The molecule has 0 amide bonds. The summed E-state index contributed by atoms with van der Waals surface area (Å²) < 4.78 is 0. The SMILES string of the molecule is CCCCC(N)CNc1ccc(C)cc1C. The normalized spacial score (nSPS) is 12.5. The second kappa shape index (κ2) is 6.54. The Labute approximate surface area is 99.2 Å². The molecule has 0 heterocycles. The van der Waals surface area contributed by atoms with Crippen molar-refractivity contribution in [2.75, 3.05) is 11.9 Å². The van der Waals surface area contributed by atoms with Crippen LogP contribution in [0.1, 0.15) is 37.3 Å². The molecule has 1 aromatic carbocycles. The molecule has 0 saturated heterocycles. The molecule has 3 N–H and O–H groups in total. The monoisotopic (exact) mass is 220 g/mol. The van der Waals surface area contributed by atoms with E-state index in [0.29, 0.717) is 0 Å². The van der Waals surface area contributed by atoms with Crippen LogP contribution in [0.25, 0.3) is 0 Å². The van der Waals surface area contributed by atoms with Gasteiger partial charge in [-0.1, -0.05) is 37.5 Å². The van der Waals surface area contributed by atoms with Gasteiger partial charge < -0.3 is 11.1 Å². The fourth-order valence-corrected chi connectivity index (χ4v) is 1.82. The van der Waals surface area contributed by atoms with Gasteiger partial charge in [0.1, 0.15) is 0 Å². The largest absolute Gasteiger partial charge is 0.383 e. The molecule has 1 aromatic rings. The number of rotatable bonds is 6. The van der Waals surface area contributed by atoms with Crippen molar-refractivity contribution in [2.45, 2.75) is 46.1 Å². The van der Waals surface area contributed by atoms with E-state index in [1.54, 1.807) is 0 Å². The van der Waals surface area contributed by atoms with Gasteiger partial charge in [-0.2, -0.15) is 0 Å². The highest BCUT2D eigenvalue weighted by Crippen LogP contribution is 2.15.